The van der Waals surface area contributed by atoms with Gasteiger partial charge in [0.25, 0.3) is 5.89 Å². The van der Waals surface area contributed by atoms with E-state index in [4.69, 9.17) is 25.6 Å². The maximum Gasteiger partial charge on any atom is 0.344 e. The van der Waals surface area contributed by atoms with Crippen LogP contribution in [0.15, 0.2) is 45.6 Å². The highest BCUT2D eigenvalue weighted by atomic mass is 35.5. The number of thiophene rings is 1. The molecule has 0 spiro atoms. The van der Waals surface area contributed by atoms with E-state index in [-0.39, 0.29) is 19.0 Å². The molecule has 2 aromatic heterocycles. The monoisotopic (exact) mass is 350 g/mol. The van der Waals surface area contributed by atoms with Crippen LogP contribution in [0, 0.1) is 0 Å². The molecule has 6 nitrogen and oxygen atoms in total. The van der Waals surface area contributed by atoms with E-state index in [9.17, 15) is 4.79 Å². The number of aromatic nitrogens is 2. The van der Waals surface area contributed by atoms with Crippen molar-refractivity contribution in [2.24, 2.45) is 0 Å². The summed E-state index contributed by atoms with van der Waals surface area (Å²) in [7, 11) is 0. The molecule has 0 aliphatic rings. The van der Waals surface area contributed by atoms with Crippen molar-refractivity contribution in [2.75, 3.05) is 6.61 Å². The van der Waals surface area contributed by atoms with Crippen LogP contribution in [0.25, 0.3) is 11.5 Å². The van der Waals surface area contributed by atoms with Crippen molar-refractivity contribution >= 4 is 28.9 Å². The normalized spacial score (nSPS) is 10.5. The van der Waals surface area contributed by atoms with E-state index in [0.717, 1.165) is 5.56 Å². The summed E-state index contributed by atoms with van der Waals surface area (Å²) in [5.74, 6) is 0.555. The molecule has 0 bridgehead atoms. The lowest BCUT2D eigenvalue weighted by atomic mass is 10.3. The van der Waals surface area contributed by atoms with Crippen LogP contribution >= 0.6 is 22.9 Å². The zero-order valence-electron chi connectivity index (χ0n) is 11.8. The largest absolute Gasteiger partial charge is 0.480 e. The number of benzene rings is 1. The third-order valence-electron chi connectivity index (χ3n) is 2.78. The van der Waals surface area contributed by atoms with Gasteiger partial charge in [0, 0.05) is 5.38 Å². The number of nitrogens with zero attached hydrogens (tertiary/aromatic N) is 2. The van der Waals surface area contributed by atoms with E-state index >= 15 is 0 Å². The van der Waals surface area contributed by atoms with Gasteiger partial charge in [-0.15, -0.1) is 0 Å². The molecule has 3 aromatic rings. The van der Waals surface area contributed by atoms with Crippen LogP contribution in [0.4, 0.5) is 0 Å². The second-order valence-electron chi connectivity index (χ2n) is 4.41. The van der Waals surface area contributed by atoms with Crippen molar-refractivity contribution in [1.82, 2.24) is 10.1 Å². The first kappa shape index (κ1) is 15.5. The number of carbonyl (C=O) groups is 1. The summed E-state index contributed by atoms with van der Waals surface area (Å²) in [6.07, 6.45) is 0. The molecule has 0 N–H and O–H groups in total. The summed E-state index contributed by atoms with van der Waals surface area (Å²) >= 11 is 7.45. The van der Waals surface area contributed by atoms with E-state index in [1.807, 2.05) is 16.8 Å². The SMILES string of the molecule is O=C(COc1ccccc1Cl)OCc1noc(-c2ccsc2)n1. The average molecular weight is 351 g/mol. The fraction of sp³-hybridized carbons (Fsp3) is 0.133. The van der Waals surface area contributed by atoms with Crippen molar-refractivity contribution in [3.05, 3.63) is 51.9 Å². The molecule has 0 unspecified atom stereocenters. The minimum atomic E-state index is -0.549. The van der Waals surface area contributed by atoms with Crippen molar-refractivity contribution in [2.45, 2.75) is 6.61 Å². The molecule has 0 saturated carbocycles. The van der Waals surface area contributed by atoms with Crippen molar-refractivity contribution in [3.8, 4) is 17.2 Å². The Morgan fingerprint density at radius 2 is 2.17 bits per heavy atom. The number of para-hydroxylation sites is 1. The van der Waals surface area contributed by atoms with E-state index in [1.165, 1.54) is 11.3 Å². The van der Waals surface area contributed by atoms with E-state index in [1.54, 1.807) is 24.3 Å². The van der Waals surface area contributed by atoms with Gasteiger partial charge in [-0.3, -0.25) is 0 Å². The van der Waals surface area contributed by atoms with E-state index < -0.39 is 5.97 Å². The van der Waals surface area contributed by atoms with Crippen molar-refractivity contribution in [1.29, 1.82) is 0 Å². The Hall–Kier alpha value is -2.38. The van der Waals surface area contributed by atoms with E-state index in [0.29, 0.717) is 16.7 Å². The molecular weight excluding hydrogens is 340 g/mol. The second-order valence-corrected chi connectivity index (χ2v) is 5.59. The number of carbonyl (C=O) groups excluding carboxylic acids is 1. The highest BCUT2D eigenvalue weighted by Gasteiger charge is 2.12. The number of hydrogen-bond donors (Lipinski definition) is 0. The molecule has 0 fully saturated rings. The van der Waals surface area contributed by atoms with Gasteiger partial charge < -0.3 is 14.0 Å². The molecule has 0 atom stereocenters. The third-order valence-corrected chi connectivity index (χ3v) is 3.78. The quantitative estimate of drug-likeness (QED) is 0.633. The predicted octanol–water partition coefficient (Wildman–Crippen LogP) is 3.57. The highest BCUT2D eigenvalue weighted by Crippen LogP contribution is 2.23. The third kappa shape index (κ3) is 4.08. The van der Waals surface area contributed by atoms with Crippen LogP contribution < -0.4 is 4.74 Å². The Kier molecular flexibility index (Phi) is 4.89. The molecule has 0 amide bonds. The van der Waals surface area contributed by atoms with Crippen LogP contribution in [0.1, 0.15) is 5.82 Å². The summed E-state index contributed by atoms with van der Waals surface area (Å²) < 4.78 is 15.4. The minimum Gasteiger partial charge on any atom is -0.480 e. The van der Waals surface area contributed by atoms with Gasteiger partial charge in [0.1, 0.15) is 5.75 Å². The van der Waals surface area contributed by atoms with Gasteiger partial charge in [0.05, 0.1) is 10.6 Å². The van der Waals surface area contributed by atoms with Crippen LogP contribution in [-0.2, 0) is 16.1 Å². The van der Waals surface area contributed by atoms with Crippen molar-refractivity contribution < 1.29 is 18.8 Å². The van der Waals surface area contributed by atoms with Crippen LogP contribution in [0.2, 0.25) is 5.02 Å². The van der Waals surface area contributed by atoms with Crippen LogP contribution in [0.5, 0.6) is 5.75 Å². The van der Waals surface area contributed by atoms with Crippen molar-refractivity contribution in [3.63, 3.8) is 0 Å². The second kappa shape index (κ2) is 7.26. The molecular formula is C15H11ClN2O4S. The zero-order valence-corrected chi connectivity index (χ0v) is 13.3. The molecule has 8 heteroatoms. The molecule has 2 heterocycles. The van der Waals surface area contributed by atoms with Gasteiger partial charge in [0.2, 0.25) is 5.82 Å². The molecule has 23 heavy (non-hydrogen) atoms. The first-order chi connectivity index (χ1) is 11.2. The standard InChI is InChI=1S/C15H11ClN2O4S/c16-11-3-1-2-4-12(11)20-8-14(19)21-7-13-17-15(22-18-13)10-5-6-23-9-10/h1-6,9H,7-8H2. The Morgan fingerprint density at radius 3 is 2.96 bits per heavy atom. The maximum absolute atomic E-state index is 11.7. The highest BCUT2D eigenvalue weighted by molar-refractivity contribution is 7.08. The predicted molar refractivity (Wildman–Crippen MR) is 84.4 cm³/mol. The lowest BCUT2D eigenvalue weighted by Crippen LogP contribution is -2.15. The van der Waals surface area contributed by atoms with Gasteiger partial charge in [-0.05, 0) is 23.6 Å². The van der Waals surface area contributed by atoms with Gasteiger partial charge in [-0.1, -0.05) is 28.9 Å². The maximum atomic E-state index is 11.7. The molecule has 0 radical (unpaired) electrons. The summed E-state index contributed by atoms with van der Waals surface area (Å²) in [5, 5.41) is 7.98. The molecule has 0 aliphatic heterocycles. The number of ether oxygens (including phenoxy) is 2. The minimum absolute atomic E-state index is 0.0850. The summed E-state index contributed by atoms with van der Waals surface area (Å²) in [5.41, 5.74) is 0.835. The Balaban J connectivity index is 1.49. The van der Waals surface area contributed by atoms with Gasteiger partial charge in [0.15, 0.2) is 13.2 Å². The Bertz CT molecular complexity index is 788. The van der Waals surface area contributed by atoms with Gasteiger partial charge in [-0.25, -0.2) is 4.79 Å². The van der Waals surface area contributed by atoms with Crippen LogP contribution in [-0.4, -0.2) is 22.7 Å². The lowest BCUT2D eigenvalue weighted by Gasteiger charge is -2.06. The molecule has 0 aliphatic carbocycles. The van der Waals surface area contributed by atoms with Gasteiger partial charge in [-0.2, -0.15) is 16.3 Å². The molecule has 1 aromatic carbocycles. The smallest absolute Gasteiger partial charge is 0.344 e. The summed E-state index contributed by atoms with van der Waals surface area (Å²) in [6, 6.07) is 8.74. The molecule has 118 valence electrons. The topological polar surface area (TPSA) is 74.5 Å². The lowest BCUT2D eigenvalue weighted by molar-refractivity contribution is -0.147. The fourth-order valence-corrected chi connectivity index (χ4v) is 2.52. The number of halogens is 1. The zero-order chi connectivity index (χ0) is 16.1. The fourth-order valence-electron chi connectivity index (χ4n) is 1.70. The Labute approximate surface area is 140 Å². The molecule has 0 saturated heterocycles. The van der Waals surface area contributed by atoms with Crippen LogP contribution in [0.3, 0.4) is 0 Å². The summed E-state index contributed by atoms with van der Waals surface area (Å²) in [4.78, 5) is 15.8. The first-order valence-corrected chi connectivity index (χ1v) is 7.92. The number of hydrogen-bond acceptors (Lipinski definition) is 7. The number of rotatable bonds is 6. The van der Waals surface area contributed by atoms with Gasteiger partial charge >= 0.3 is 5.97 Å². The average Bonchev–Trinajstić information content (AvgIpc) is 3.23. The number of esters is 1. The summed E-state index contributed by atoms with van der Waals surface area (Å²) in [6.45, 7) is -0.336. The molecule has 3 rings (SSSR count). The Morgan fingerprint density at radius 1 is 1.30 bits per heavy atom. The van der Waals surface area contributed by atoms with E-state index in [2.05, 4.69) is 10.1 Å². The first-order valence-electron chi connectivity index (χ1n) is 6.60.